The number of hydrogen-bond donors (Lipinski definition) is 0. The Labute approximate surface area is 78.6 Å². The smallest absolute Gasteiger partial charge is 0.244 e. The van der Waals surface area contributed by atoms with Crippen LogP contribution in [0.25, 0.3) is 0 Å². The Hall–Kier alpha value is -0.500. The number of aromatic nitrogens is 2. The van der Waals surface area contributed by atoms with Gasteiger partial charge in [-0.25, -0.2) is 9.13 Å². The van der Waals surface area contributed by atoms with E-state index < -0.39 is 0 Å². The summed E-state index contributed by atoms with van der Waals surface area (Å²) in [6, 6.07) is 1.69. The van der Waals surface area contributed by atoms with Crippen LogP contribution in [-0.4, -0.2) is 4.57 Å². The molecule has 3 heteroatoms. The van der Waals surface area contributed by atoms with Gasteiger partial charge in [0.25, 0.3) is 0 Å². The Balaban J connectivity index is 0.000000563. The zero-order valence-corrected chi connectivity index (χ0v) is 7.74. The van der Waals surface area contributed by atoms with Crippen LogP contribution in [0, 0.1) is 0 Å². The molecular weight excluding hydrogens is 172 g/mol. The largest absolute Gasteiger partial charge is 1.00 e. The Morgan fingerprint density at radius 3 is 2.50 bits per heavy atom. The normalized spacial score (nSPS) is 22.0. The fourth-order valence-corrected chi connectivity index (χ4v) is 1.56. The molecule has 0 bridgehead atoms. The van der Waals surface area contributed by atoms with Gasteiger partial charge in [0, 0.05) is 0 Å². The van der Waals surface area contributed by atoms with Gasteiger partial charge in [-0.1, -0.05) is 0 Å². The fraction of sp³-hybridized carbons (Fsp3) is 0.667. The molecule has 0 amide bonds. The van der Waals surface area contributed by atoms with Crippen molar-refractivity contribution in [2.75, 3.05) is 0 Å². The summed E-state index contributed by atoms with van der Waals surface area (Å²) in [7, 11) is 0. The lowest BCUT2D eigenvalue weighted by Crippen LogP contribution is -3.00. The van der Waals surface area contributed by atoms with E-state index in [1.165, 1.54) is 25.7 Å². The summed E-state index contributed by atoms with van der Waals surface area (Å²) >= 11 is 0. The van der Waals surface area contributed by atoms with Crippen LogP contribution in [0.5, 0.6) is 0 Å². The Bertz CT molecular complexity index is 247. The average molecular weight is 185 g/mol. The van der Waals surface area contributed by atoms with E-state index in [1.807, 2.05) is 0 Å². The van der Waals surface area contributed by atoms with E-state index in [-0.39, 0.29) is 12.4 Å². The van der Waals surface area contributed by atoms with Crippen molar-refractivity contribution in [2.24, 2.45) is 0 Å². The second-order valence-corrected chi connectivity index (χ2v) is 3.77. The van der Waals surface area contributed by atoms with Crippen LogP contribution in [0.4, 0.5) is 0 Å². The highest BCUT2D eigenvalue weighted by Crippen LogP contribution is 2.35. The van der Waals surface area contributed by atoms with Gasteiger partial charge in [-0.05, 0) is 25.7 Å². The first kappa shape index (κ1) is 8.11. The minimum Gasteiger partial charge on any atom is -1.00 e. The highest BCUT2D eigenvalue weighted by Gasteiger charge is 2.32. The van der Waals surface area contributed by atoms with E-state index >= 15 is 0 Å². The number of imidazole rings is 1. The van der Waals surface area contributed by atoms with Gasteiger partial charge in [-0.3, -0.25) is 0 Å². The number of rotatable bonds is 2. The summed E-state index contributed by atoms with van der Waals surface area (Å²) in [5.41, 5.74) is 0. The van der Waals surface area contributed by atoms with E-state index in [0.29, 0.717) is 0 Å². The van der Waals surface area contributed by atoms with Crippen molar-refractivity contribution in [1.29, 1.82) is 0 Å². The molecular formula is C9H13ClN2. The molecule has 2 fully saturated rings. The Morgan fingerprint density at radius 1 is 1.17 bits per heavy atom. The lowest BCUT2D eigenvalue weighted by atomic mass is 10.7. The molecule has 1 aromatic rings. The molecule has 66 valence electrons. The first-order valence-corrected chi connectivity index (χ1v) is 4.52. The van der Waals surface area contributed by atoms with E-state index in [2.05, 4.69) is 27.9 Å². The summed E-state index contributed by atoms with van der Waals surface area (Å²) in [5, 5.41) is 0. The quantitative estimate of drug-likeness (QED) is 0.493. The maximum Gasteiger partial charge on any atom is 0.244 e. The maximum atomic E-state index is 2.36. The zero-order valence-electron chi connectivity index (χ0n) is 6.99. The molecule has 2 aliphatic rings. The van der Waals surface area contributed by atoms with Crippen molar-refractivity contribution < 1.29 is 17.0 Å². The molecule has 1 aromatic heterocycles. The molecule has 2 aliphatic carbocycles. The molecule has 0 atom stereocenters. The SMILES string of the molecule is [Cl-].c1c[n+](C2CC2)cn1C1CC1. The molecule has 2 saturated carbocycles. The van der Waals surface area contributed by atoms with E-state index in [0.717, 1.165) is 12.1 Å². The highest BCUT2D eigenvalue weighted by molar-refractivity contribution is 4.85. The van der Waals surface area contributed by atoms with Crippen LogP contribution >= 0.6 is 0 Å². The van der Waals surface area contributed by atoms with E-state index in [4.69, 9.17) is 0 Å². The fourth-order valence-electron chi connectivity index (χ4n) is 1.56. The van der Waals surface area contributed by atoms with E-state index in [1.54, 1.807) is 0 Å². The third kappa shape index (κ3) is 1.36. The third-order valence-corrected chi connectivity index (χ3v) is 2.61. The third-order valence-electron chi connectivity index (χ3n) is 2.61. The second kappa shape index (κ2) is 2.77. The van der Waals surface area contributed by atoms with Crippen LogP contribution in [0.2, 0.25) is 0 Å². The highest BCUT2D eigenvalue weighted by atomic mass is 35.5. The molecule has 0 unspecified atom stereocenters. The first-order chi connectivity index (χ1) is 5.43. The predicted molar refractivity (Wildman–Crippen MR) is 41.2 cm³/mol. The maximum absolute atomic E-state index is 2.36. The van der Waals surface area contributed by atoms with Crippen LogP contribution in [0.3, 0.4) is 0 Å². The molecule has 2 nitrogen and oxygen atoms in total. The van der Waals surface area contributed by atoms with Crippen molar-refractivity contribution in [3.63, 3.8) is 0 Å². The zero-order chi connectivity index (χ0) is 7.26. The summed E-state index contributed by atoms with van der Waals surface area (Å²) in [5.74, 6) is 0. The van der Waals surface area contributed by atoms with Gasteiger partial charge in [0.05, 0.1) is 0 Å². The van der Waals surface area contributed by atoms with E-state index in [9.17, 15) is 0 Å². The van der Waals surface area contributed by atoms with Crippen LogP contribution in [0.1, 0.15) is 37.8 Å². The molecule has 0 spiro atoms. The minimum atomic E-state index is 0. The molecule has 0 aromatic carbocycles. The predicted octanol–water partition coefficient (Wildman–Crippen LogP) is -1.55. The number of halogens is 1. The van der Waals surface area contributed by atoms with Crippen molar-refractivity contribution in [3.05, 3.63) is 18.7 Å². The summed E-state index contributed by atoms with van der Waals surface area (Å²) in [6.07, 6.45) is 12.3. The molecule has 0 saturated heterocycles. The van der Waals surface area contributed by atoms with Gasteiger partial charge in [-0.15, -0.1) is 0 Å². The molecule has 3 rings (SSSR count). The molecule has 0 N–H and O–H groups in total. The van der Waals surface area contributed by atoms with Gasteiger partial charge in [0.1, 0.15) is 24.5 Å². The summed E-state index contributed by atoms with van der Waals surface area (Å²) in [6.45, 7) is 0. The number of hydrogen-bond acceptors (Lipinski definition) is 0. The lowest BCUT2D eigenvalue weighted by molar-refractivity contribution is -0.700. The van der Waals surface area contributed by atoms with Crippen LogP contribution in [0.15, 0.2) is 18.7 Å². The Morgan fingerprint density at radius 2 is 1.92 bits per heavy atom. The van der Waals surface area contributed by atoms with Gasteiger partial charge in [-0.2, -0.15) is 0 Å². The molecule has 0 radical (unpaired) electrons. The van der Waals surface area contributed by atoms with Crippen molar-refractivity contribution in [3.8, 4) is 0 Å². The monoisotopic (exact) mass is 184 g/mol. The first-order valence-electron chi connectivity index (χ1n) is 4.52. The van der Waals surface area contributed by atoms with Crippen molar-refractivity contribution in [1.82, 2.24) is 4.57 Å². The Kier molecular flexibility index (Phi) is 1.87. The van der Waals surface area contributed by atoms with Crippen molar-refractivity contribution >= 4 is 0 Å². The van der Waals surface area contributed by atoms with Crippen LogP contribution in [-0.2, 0) is 0 Å². The lowest BCUT2D eigenvalue weighted by Gasteiger charge is -1.88. The van der Waals surface area contributed by atoms with Gasteiger partial charge >= 0.3 is 0 Å². The van der Waals surface area contributed by atoms with Gasteiger partial charge in [0.2, 0.25) is 6.33 Å². The second-order valence-electron chi connectivity index (χ2n) is 3.77. The summed E-state index contributed by atoms with van der Waals surface area (Å²) in [4.78, 5) is 0. The van der Waals surface area contributed by atoms with Crippen molar-refractivity contribution in [2.45, 2.75) is 37.8 Å². The number of nitrogens with zero attached hydrogens (tertiary/aromatic N) is 2. The summed E-state index contributed by atoms with van der Waals surface area (Å²) < 4.78 is 4.72. The average Bonchev–Trinajstić information content (AvgIpc) is 2.90. The van der Waals surface area contributed by atoms with Crippen LogP contribution < -0.4 is 17.0 Å². The van der Waals surface area contributed by atoms with Gasteiger partial charge in [0.15, 0.2) is 0 Å². The topological polar surface area (TPSA) is 8.81 Å². The standard InChI is InChI=1S/C9H13N2.ClH/c1-2-8(1)10-5-6-11(7-10)9-3-4-9;/h5-9H,1-4H2;1H/q+1;/p-1. The molecule has 0 aliphatic heterocycles. The van der Waals surface area contributed by atoms with Gasteiger partial charge < -0.3 is 12.4 Å². The minimum absolute atomic E-state index is 0. The molecule has 12 heavy (non-hydrogen) atoms. The molecule has 1 heterocycles.